The summed E-state index contributed by atoms with van der Waals surface area (Å²) in [4.78, 5) is 19.8. The van der Waals surface area contributed by atoms with Crippen molar-refractivity contribution >= 4 is 114 Å². The molecule has 0 amide bonds. The van der Waals surface area contributed by atoms with Gasteiger partial charge in [-0.3, -0.25) is 20.2 Å². The van der Waals surface area contributed by atoms with Crippen LogP contribution in [0.1, 0.15) is 11.1 Å². The van der Waals surface area contributed by atoms with Crippen molar-refractivity contribution in [2.45, 2.75) is 23.6 Å². The number of azo groups is 2. The first-order valence-electron chi connectivity index (χ1n) is 15.1. The maximum atomic E-state index is 11.4. The van der Waals surface area contributed by atoms with Gasteiger partial charge in [0.1, 0.15) is 43.1 Å². The largest absolute Gasteiger partial charge is 2.00 e. The van der Waals surface area contributed by atoms with E-state index in [4.69, 9.17) is 0 Å². The summed E-state index contributed by atoms with van der Waals surface area (Å²) in [5.74, 6) is -1.10. The second kappa shape index (κ2) is 16.9. The number of aromatic hydroxyl groups is 2. The smallest absolute Gasteiger partial charge is 0.744 e. The van der Waals surface area contributed by atoms with Crippen molar-refractivity contribution in [3.8, 4) is 11.5 Å². The van der Waals surface area contributed by atoms with Crippen LogP contribution in [0.4, 0.5) is 34.1 Å². The Kier molecular flexibility index (Phi) is 13.0. The van der Waals surface area contributed by atoms with E-state index >= 15 is 0 Å². The molecule has 6 rings (SSSR count). The van der Waals surface area contributed by atoms with Gasteiger partial charge in [-0.2, -0.15) is 10.2 Å². The van der Waals surface area contributed by atoms with Crippen molar-refractivity contribution in [2.24, 2.45) is 20.5 Å². The zero-order valence-corrected chi connectivity index (χ0v) is 32.3. The van der Waals surface area contributed by atoms with Crippen LogP contribution in [0.5, 0.6) is 11.5 Å². The summed E-state index contributed by atoms with van der Waals surface area (Å²) in [6, 6.07) is 22.2. The molecule has 0 aliphatic carbocycles. The van der Waals surface area contributed by atoms with Crippen molar-refractivity contribution in [1.29, 1.82) is 0 Å². The van der Waals surface area contributed by atoms with Crippen LogP contribution in [-0.4, -0.2) is 83.7 Å². The summed E-state index contributed by atoms with van der Waals surface area (Å²) in [5, 5.41) is 58.5. The van der Waals surface area contributed by atoms with Crippen LogP contribution < -0.4 is 0 Å². The van der Waals surface area contributed by atoms with Gasteiger partial charge in [0.2, 0.25) is 0 Å². The van der Waals surface area contributed by atoms with Crippen LogP contribution in [0.15, 0.2) is 127 Å². The van der Waals surface area contributed by atoms with Crippen LogP contribution in [0.25, 0.3) is 21.5 Å². The maximum absolute atomic E-state index is 11.4. The van der Waals surface area contributed by atoms with Gasteiger partial charge in [0.15, 0.2) is 0 Å². The molecule has 0 unspecified atom stereocenters. The Morgan fingerprint density at radius 1 is 0.527 bits per heavy atom. The van der Waals surface area contributed by atoms with Crippen LogP contribution >= 0.6 is 0 Å². The SMILES string of the molecule is Cc1ccc(N=Nc2c(O)cc(S(=O)(=O)[O-])c3ccccc23)cc1[N+](=O)[O-].Cc1ccc(N=Nc2c(O)cc(S(=O)(=O)[O-])c3ccccc23)cc1[N+](=O)[O-].[Ca+2]. The van der Waals surface area contributed by atoms with Crippen molar-refractivity contribution in [3.63, 3.8) is 0 Å². The summed E-state index contributed by atoms with van der Waals surface area (Å²) >= 11 is 0. The fourth-order valence-corrected chi connectivity index (χ4v) is 6.58. The monoisotopic (exact) mass is 812 g/mol. The Balaban J connectivity index is 0.000000240. The summed E-state index contributed by atoms with van der Waals surface area (Å²) in [7, 11) is -9.63. The number of phenols is 2. The van der Waals surface area contributed by atoms with Crippen molar-refractivity contribution in [3.05, 3.63) is 128 Å². The van der Waals surface area contributed by atoms with Crippen molar-refractivity contribution in [2.75, 3.05) is 0 Å². The first-order chi connectivity index (χ1) is 25.4. The van der Waals surface area contributed by atoms with Gasteiger partial charge in [-0.25, -0.2) is 16.8 Å². The normalized spacial score (nSPS) is 11.7. The van der Waals surface area contributed by atoms with E-state index in [2.05, 4.69) is 20.5 Å². The topological polar surface area (TPSA) is 291 Å². The van der Waals surface area contributed by atoms with Gasteiger partial charge in [0.25, 0.3) is 11.4 Å². The quantitative estimate of drug-likeness (QED) is 0.0489. The van der Waals surface area contributed by atoms with E-state index in [0.29, 0.717) is 11.1 Å². The summed E-state index contributed by atoms with van der Waals surface area (Å²) in [5.41, 5.74) is 0.895. The first-order valence-corrected chi connectivity index (χ1v) is 17.9. The second-order valence-corrected chi connectivity index (χ2v) is 14.0. The number of nitro groups is 2. The molecule has 0 radical (unpaired) electrons. The minimum absolute atomic E-state index is 0. The Labute approximate surface area is 341 Å². The summed E-state index contributed by atoms with van der Waals surface area (Å²) in [6.45, 7) is 3.17. The van der Waals surface area contributed by atoms with E-state index in [1.165, 1.54) is 72.8 Å². The maximum Gasteiger partial charge on any atom is 2.00 e. The zero-order valence-electron chi connectivity index (χ0n) is 28.4. The second-order valence-electron chi connectivity index (χ2n) is 11.3. The molecule has 276 valence electrons. The van der Waals surface area contributed by atoms with E-state index in [1.807, 2.05) is 0 Å². The molecule has 0 saturated carbocycles. The minimum atomic E-state index is -4.81. The third kappa shape index (κ3) is 9.61. The van der Waals surface area contributed by atoms with Gasteiger partial charge in [-0.15, -0.1) is 10.2 Å². The molecule has 0 aliphatic heterocycles. The Bertz CT molecular complexity index is 2610. The molecular weight excluding hydrogens is 789 g/mol. The molecule has 6 aromatic carbocycles. The van der Waals surface area contributed by atoms with Crippen LogP contribution in [0.2, 0.25) is 0 Å². The van der Waals surface area contributed by atoms with Gasteiger partial charge in [0.05, 0.1) is 31.0 Å². The van der Waals surface area contributed by atoms with E-state index in [0.717, 1.165) is 12.1 Å². The van der Waals surface area contributed by atoms with E-state index in [1.54, 1.807) is 26.0 Å². The van der Waals surface area contributed by atoms with Crippen LogP contribution in [0.3, 0.4) is 0 Å². The van der Waals surface area contributed by atoms with Gasteiger partial charge in [0, 0.05) is 56.9 Å². The molecule has 0 fully saturated rings. The molecule has 21 heteroatoms. The predicted octanol–water partition coefficient (Wildman–Crippen LogP) is 7.78. The van der Waals surface area contributed by atoms with E-state index in [-0.39, 0.29) is 93.4 Å². The van der Waals surface area contributed by atoms with Gasteiger partial charge in [-0.1, -0.05) is 60.7 Å². The van der Waals surface area contributed by atoms with Gasteiger partial charge < -0.3 is 19.3 Å². The Morgan fingerprint density at radius 3 is 1.16 bits per heavy atom. The number of phenolic OH excluding ortho intramolecular Hbond substituents is 2. The molecule has 0 aliphatic rings. The standard InChI is InChI=1S/2C17H13N3O6S.Ca/c2*1-10-6-7-11(8-14(10)20(22)23)18-19-17-13-5-3-2-4-12(13)16(9-15(17)21)27(24,25)26;/h2*2-9,21H,1H3,(H,24,25,26);/q;;+2/p-2. The molecular formula is C34H24CaN6O12S2. The first kappa shape index (κ1) is 42.3. The molecule has 0 bridgehead atoms. The zero-order chi connectivity index (χ0) is 39.5. The van der Waals surface area contributed by atoms with Crippen LogP contribution in [0, 0.1) is 34.1 Å². The molecule has 2 N–H and O–H groups in total. The number of benzene rings is 6. The third-order valence-corrected chi connectivity index (χ3v) is 9.52. The number of hydrogen-bond acceptors (Lipinski definition) is 16. The number of nitrogens with zero attached hydrogens (tertiary/aromatic N) is 6. The average Bonchev–Trinajstić information content (AvgIpc) is 3.10. The van der Waals surface area contributed by atoms with Gasteiger partial charge in [-0.05, 0) is 26.0 Å². The molecule has 0 saturated heterocycles. The number of hydrogen-bond donors (Lipinski definition) is 2. The van der Waals surface area contributed by atoms with E-state index < -0.39 is 51.4 Å². The number of fused-ring (bicyclic) bond motifs is 2. The molecule has 18 nitrogen and oxygen atoms in total. The Hall–Kier alpha value is -5.48. The number of aryl methyl sites for hydroxylation is 2. The molecule has 0 heterocycles. The Morgan fingerprint density at radius 2 is 0.855 bits per heavy atom. The van der Waals surface area contributed by atoms with Crippen LogP contribution in [-0.2, 0) is 20.2 Å². The summed E-state index contributed by atoms with van der Waals surface area (Å²) in [6.07, 6.45) is 0. The number of nitro benzene ring substituents is 2. The number of rotatable bonds is 8. The molecule has 6 aromatic rings. The minimum Gasteiger partial charge on any atom is -0.744 e. The van der Waals surface area contributed by atoms with Gasteiger partial charge >= 0.3 is 37.7 Å². The van der Waals surface area contributed by atoms with Crippen molar-refractivity contribution in [1.82, 2.24) is 0 Å². The third-order valence-electron chi connectivity index (χ3n) is 7.76. The average molecular weight is 813 g/mol. The fraction of sp³-hybridized carbons (Fsp3) is 0.0588. The summed E-state index contributed by atoms with van der Waals surface area (Å²) < 4.78 is 68.6. The molecule has 55 heavy (non-hydrogen) atoms. The molecule has 0 spiro atoms. The van der Waals surface area contributed by atoms with E-state index in [9.17, 15) is 56.4 Å². The van der Waals surface area contributed by atoms with Crippen molar-refractivity contribution < 1.29 is 46.0 Å². The predicted molar refractivity (Wildman–Crippen MR) is 197 cm³/mol. The molecule has 0 atom stereocenters. The fourth-order valence-electron chi connectivity index (χ4n) is 5.18. The molecule has 0 aromatic heterocycles.